The second kappa shape index (κ2) is 17.5. The van der Waals surface area contributed by atoms with Gasteiger partial charge in [0.05, 0.1) is 6.42 Å². The number of benzene rings is 1. The molecular formula is C29H36N8O6. The number of carbonyl (C=O) groups excluding carboxylic acids is 4. The topological polar surface area (TPSA) is 199 Å². The van der Waals surface area contributed by atoms with Gasteiger partial charge in [0.25, 0.3) is 12.4 Å². The Bertz CT molecular complexity index is 1340. The molecule has 1 aromatic carbocycles. The zero-order valence-corrected chi connectivity index (χ0v) is 23.6. The van der Waals surface area contributed by atoms with Gasteiger partial charge in [-0.15, -0.1) is 0 Å². The predicted octanol–water partition coefficient (Wildman–Crippen LogP) is 0.356. The van der Waals surface area contributed by atoms with Crippen LogP contribution < -0.4 is 21.3 Å². The Balaban J connectivity index is 0.00000162. The molecule has 0 unspecified atom stereocenters. The first-order valence-corrected chi connectivity index (χ1v) is 13.8. The molecule has 2 bridgehead atoms. The maximum Gasteiger partial charge on any atom is 0.290 e. The molecule has 0 aliphatic carbocycles. The van der Waals surface area contributed by atoms with Crippen LogP contribution in [0.2, 0.25) is 0 Å². The summed E-state index contributed by atoms with van der Waals surface area (Å²) in [4.78, 5) is 65.9. The number of aromatic amines is 1. The van der Waals surface area contributed by atoms with E-state index < -0.39 is 11.9 Å². The van der Waals surface area contributed by atoms with Gasteiger partial charge in [-0.25, -0.2) is 0 Å². The van der Waals surface area contributed by atoms with Gasteiger partial charge in [-0.1, -0.05) is 30.3 Å². The van der Waals surface area contributed by atoms with Gasteiger partial charge in [0.1, 0.15) is 11.7 Å². The van der Waals surface area contributed by atoms with Crippen molar-refractivity contribution in [2.24, 2.45) is 0 Å². The molecule has 0 fully saturated rings. The van der Waals surface area contributed by atoms with E-state index in [1.54, 1.807) is 29.3 Å². The van der Waals surface area contributed by atoms with Crippen molar-refractivity contribution in [2.75, 3.05) is 38.0 Å². The SMILES string of the molecule is O=C1CCCN(C(=O)Cc2ccn[nH]2)CCNC(=O)[C@H](Cc2ccccc2)NC(=O)c2cc(ccn2)NCCN1.O=CO. The third-order valence-corrected chi connectivity index (χ3v) is 6.44. The van der Waals surface area contributed by atoms with Crippen LogP contribution in [0.25, 0.3) is 0 Å². The number of fused-ring (bicyclic) bond motifs is 2. The van der Waals surface area contributed by atoms with Crippen LogP contribution in [0.4, 0.5) is 5.69 Å². The van der Waals surface area contributed by atoms with E-state index in [1.807, 2.05) is 30.3 Å². The summed E-state index contributed by atoms with van der Waals surface area (Å²) in [5.74, 6) is -1.12. The third-order valence-electron chi connectivity index (χ3n) is 6.44. The Kier molecular flexibility index (Phi) is 13.1. The summed E-state index contributed by atoms with van der Waals surface area (Å²) in [6.45, 7) is 1.38. The number of pyridine rings is 1. The fraction of sp³-hybridized carbons (Fsp3) is 0.345. The number of hydrogen-bond donors (Lipinski definition) is 6. The lowest BCUT2D eigenvalue weighted by Crippen LogP contribution is -2.50. The highest BCUT2D eigenvalue weighted by atomic mass is 16.3. The molecule has 3 aromatic rings. The van der Waals surface area contributed by atoms with Gasteiger partial charge in [0, 0.05) is 69.3 Å². The minimum atomic E-state index is -0.855. The zero-order chi connectivity index (χ0) is 30.9. The summed E-state index contributed by atoms with van der Waals surface area (Å²) in [7, 11) is 0. The molecule has 1 aliphatic rings. The van der Waals surface area contributed by atoms with Gasteiger partial charge in [0.15, 0.2) is 0 Å². The monoisotopic (exact) mass is 592 g/mol. The average Bonchev–Trinajstić information content (AvgIpc) is 3.52. The highest BCUT2D eigenvalue weighted by Gasteiger charge is 2.23. The van der Waals surface area contributed by atoms with Gasteiger partial charge < -0.3 is 31.3 Å². The van der Waals surface area contributed by atoms with Crippen LogP contribution in [0.3, 0.4) is 0 Å². The van der Waals surface area contributed by atoms with Crippen molar-refractivity contribution in [1.29, 1.82) is 0 Å². The molecule has 1 aliphatic heterocycles. The Morgan fingerprint density at radius 3 is 2.49 bits per heavy atom. The van der Waals surface area contributed by atoms with Crippen LogP contribution in [-0.2, 0) is 32.0 Å². The molecule has 0 saturated heterocycles. The summed E-state index contributed by atoms with van der Waals surface area (Å²) in [5.41, 5.74) is 2.40. The van der Waals surface area contributed by atoms with Crippen LogP contribution in [-0.4, -0.2) is 94.1 Å². The summed E-state index contributed by atoms with van der Waals surface area (Å²) >= 11 is 0. The molecule has 43 heavy (non-hydrogen) atoms. The lowest BCUT2D eigenvalue weighted by molar-refractivity contribution is -0.131. The van der Waals surface area contributed by atoms with Crippen molar-refractivity contribution >= 4 is 35.8 Å². The van der Waals surface area contributed by atoms with E-state index in [0.29, 0.717) is 37.4 Å². The van der Waals surface area contributed by atoms with Crippen molar-refractivity contribution in [3.05, 3.63) is 77.9 Å². The molecule has 4 rings (SSSR count). The molecule has 4 amide bonds. The Morgan fingerprint density at radius 1 is 0.977 bits per heavy atom. The minimum absolute atomic E-state index is 0.118. The van der Waals surface area contributed by atoms with E-state index in [2.05, 4.69) is 36.4 Å². The number of carboxylic acid groups (broad SMARTS) is 1. The molecule has 3 heterocycles. The number of hydrogen-bond acceptors (Lipinski definition) is 8. The largest absolute Gasteiger partial charge is 0.483 e. The average molecular weight is 593 g/mol. The van der Waals surface area contributed by atoms with Crippen LogP contribution in [0, 0.1) is 0 Å². The zero-order valence-electron chi connectivity index (χ0n) is 23.6. The Labute approximate surface area is 248 Å². The van der Waals surface area contributed by atoms with Gasteiger partial charge in [-0.3, -0.25) is 34.1 Å². The molecule has 2 aromatic heterocycles. The summed E-state index contributed by atoms with van der Waals surface area (Å²) in [5, 5.41) is 25.3. The van der Waals surface area contributed by atoms with Crippen LogP contribution in [0.15, 0.2) is 60.9 Å². The van der Waals surface area contributed by atoms with Crippen molar-refractivity contribution < 1.29 is 29.1 Å². The Hall–Kier alpha value is -5.27. The highest BCUT2D eigenvalue weighted by molar-refractivity contribution is 5.96. The van der Waals surface area contributed by atoms with E-state index in [9.17, 15) is 19.2 Å². The molecule has 14 nitrogen and oxygen atoms in total. The van der Waals surface area contributed by atoms with Crippen molar-refractivity contribution in [3.63, 3.8) is 0 Å². The third kappa shape index (κ3) is 11.3. The second-order valence-corrected chi connectivity index (χ2v) is 9.56. The number of carbonyl (C=O) groups is 5. The smallest absolute Gasteiger partial charge is 0.290 e. The maximum absolute atomic E-state index is 13.3. The molecular weight excluding hydrogens is 556 g/mol. The fourth-order valence-electron chi connectivity index (χ4n) is 4.34. The maximum atomic E-state index is 13.3. The molecule has 6 N–H and O–H groups in total. The number of nitrogens with zero attached hydrogens (tertiary/aromatic N) is 3. The summed E-state index contributed by atoms with van der Waals surface area (Å²) < 4.78 is 0. The second-order valence-electron chi connectivity index (χ2n) is 9.56. The quantitative estimate of drug-likeness (QED) is 0.232. The first-order valence-electron chi connectivity index (χ1n) is 13.8. The van der Waals surface area contributed by atoms with E-state index in [0.717, 1.165) is 5.56 Å². The first-order chi connectivity index (χ1) is 20.9. The minimum Gasteiger partial charge on any atom is -0.483 e. The normalized spacial score (nSPS) is 16.8. The van der Waals surface area contributed by atoms with Crippen molar-refractivity contribution in [1.82, 2.24) is 36.0 Å². The van der Waals surface area contributed by atoms with E-state index in [1.165, 1.54) is 6.20 Å². The number of amides is 4. The molecule has 228 valence electrons. The molecule has 0 spiro atoms. The van der Waals surface area contributed by atoms with E-state index >= 15 is 0 Å². The number of H-pyrrole nitrogens is 1. The van der Waals surface area contributed by atoms with Crippen LogP contribution >= 0.6 is 0 Å². The van der Waals surface area contributed by atoms with Gasteiger partial charge in [-0.2, -0.15) is 5.10 Å². The van der Waals surface area contributed by atoms with Crippen LogP contribution in [0.1, 0.15) is 34.6 Å². The lowest BCUT2D eigenvalue weighted by atomic mass is 10.0. The number of nitrogens with one attached hydrogen (secondary N) is 5. The molecule has 14 heteroatoms. The molecule has 1 atom stereocenters. The molecule has 0 saturated carbocycles. The summed E-state index contributed by atoms with van der Waals surface area (Å²) in [6, 6.07) is 13.6. The fourth-order valence-corrected chi connectivity index (χ4v) is 4.34. The van der Waals surface area contributed by atoms with Gasteiger partial charge in [0.2, 0.25) is 17.7 Å². The van der Waals surface area contributed by atoms with E-state index in [4.69, 9.17) is 9.90 Å². The number of aromatic nitrogens is 3. The standard InChI is InChI=1S/C28H34N8O4.CH2O2/c37-25-7-4-15-36(26(38)19-22-9-11-33-35-22)16-14-32-27(39)24(17-20-5-2-1-3-6-20)34-28(40)23-18-21(8-10-30-23)29-12-13-31-25;2-1-3/h1-3,5-6,8-11,18,24,29H,4,7,12-17,19H2,(H,31,37)(H,32,39)(H,33,35)(H,34,40);1H,(H,2,3)/t24-;/m0./s1. The summed E-state index contributed by atoms with van der Waals surface area (Å²) in [6.07, 6.45) is 4.24. The van der Waals surface area contributed by atoms with Crippen LogP contribution in [0.5, 0.6) is 0 Å². The van der Waals surface area contributed by atoms with Crippen molar-refractivity contribution in [2.45, 2.75) is 31.7 Å². The highest BCUT2D eigenvalue weighted by Crippen LogP contribution is 2.10. The molecule has 0 radical (unpaired) electrons. The predicted molar refractivity (Wildman–Crippen MR) is 157 cm³/mol. The van der Waals surface area contributed by atoms with Gasteiger partial charge >= 0.3 is 0 Å². The van der Waals surface area contributed by atoms with E-state index in [-0.39, 0.29) is 62.2 Å². The lowest BCUT2D eigenvalue weighted by Gasteiger charge is -2.24. The first kappa shape index (κ1) is 32.2. The Morgan fingerprint density at radius 2 is 1.74 bits per heavy atom. The van der Waals surface area contributed by atoms with Crippen molar-refractivity contribution in [3.8, 4) is 0 Å². The van der Waals surface area contributed by atoms with Gasteiger partial charge in [-0.05, 0) is 30.2 Å². The number of rotatable bonds is 4. The number of anilines is 1.